The molecule has 1 aliphatic heterocycles. The lowest BCUT2D eigenvalue weighted by atomic mass is 10.1. The predicted octanol–water partition coefficient (Wildman–Crippen LogP) is 2.54. The van der Waals surface area contributed by atoms with E-state index in [4.69, 9.17) is 17.0 Å². The lowest BCUT2D eigenvalue weighted by Crippen LogP contribution is -2.30. The lowest BCUT2D eigenvalue weighted by Gasteiger charge is -2.09. The van der Waals surface area contributed by atoms with E-state index < -0.39 is 0 Å². The lowest BCUT2D eigenvalue weighted by molar-refractivity contribution is -0.122. The van der Waals surface area contributed by atoms with Gasteiger partial charge in [0.05, 0.1) is 7.11 Å². The van der Waals surface area contributed by atoms with Crippen LogP contribution in [-0.4, -0.2) is 29.6 Å². The number of nitrogens with one attached hydrogen (secondary N) is 1. The molecule has 1 aromatic rings. The fraction of sp³-hybridized carbons (Fsp3) is 0.231. The molecule has 0 saturated carbocycles. The van der Waals surface area contributed by atoms with Crippen molar-refractivity contribution >= 4 is 45.2 Å². The summed E-state index contributed by atoms with van der Waals surface area (Å²) in [5.41, 5.74) is 1.27. The second-order valence-electron chi connectivity index (χ2n) is 3.92. The molecule has 0 bridgehead atoms. The third-order valence-corrected chi connectivity index (χ3v) is 3.59. The monoisotopic (exact) mass is 340 g/mol. The molecule has 1 heterocycles. The van der Waals surface area contributed by atoms with Gasteiger partial charge in [-0.05, 0) is 43.4 Å². The van der Waals surface area contributed by atoms with Crippen LogP contribution in [0, 0.1) is 0 Å². The Morgan fingerprint density at radius 1 is 1.53 bits per heavy atom. The molecule has 100 valence electrons. The van der Waals surface area contributed by atoms with E-state index in [0.29, 0.717) is 23.1 Å². The van der Waals surface area contributed by atoms with Crippen molar-refractivity contribution in [2.75, 3.05) is 13.7 Å². The van der Waals surface area contributed by atoms with E-state index in [1.165, 1.54) is 4.90 Å². The molecule has 1 aromatic carbocycles. The Morgan fingerprint density at radius 2 is 2.26 bits per heavy atom. The summed E-state index contributed by atoms with van der Waals surface area (Å²) in [6.45, 7) is 2.44. The Bertz CT molecular complexity index is 572. The van der Waals surface area contributed by atoms with Crippen LogP contribution < -0.4 is 10.1 Å². The van der Waals surface area contributed by atoms with Gasteiger partial charge < -0.3 is 10.1 Å². The molecule has 4 nitrogen and oxygen atoms in total. The second-order valence-corrected chi connectivity index (χ2v) is 5.23. The van der Waals surface area contributed by atoms with Crippen molar-refractivity contribution in [3.8, 4) is 5.75 Å². The molecule has 0 radical (unpaired) electrons. The maximum atomic E-state index is 12.1. The van der Waals surface area contributed by atoms with E-state index in [1.54, 1.807) is 13.2 Å². The van der Waals surface area contributed by atoms with Crippen LogP contribution in [0.25, 0.3) is 6.08 Å². The summed E-state index contributed by atoms with van der Waals surface area (Å²) in [5, 5.41) is 3.36. The normalized spacial score (nSPS) is 17.0. The minimum absolute atomic E-state index is 0.116. The zero-order valence-electron chi connectivity index (χ0n) is 10.6. The summed E-state index contributed by atoms with van der Waals surface area (Å²) < 4.78 is 6.19. The Balaban J connectivity index is 2.40. The fourth-order valence-corrected chi connectivity index (χ4v) is 2.53. The van der Waals surface area contributed by atoms with Gasteiger partial charge in [-0.25, -0.2) is 0 Å². The maximum absolute atomic E-state index is 12.1. The molecule has 0 aliphatic carbocycles. The number of hydrogen-bond acceptors (Lipinski definition) is 3. The second kappa shape index (κ2) is 5.71. The minimum atomic E-state index is -0.116. The molecule has 19 heavy (non-hydrogen) atoms. The van der Waals surface area contributed by atoms with Crippen LogP contribution in [0.3, 0.4) is 0 Å². The highest BCUT2D eigenvalue weighted by Gasteiger charge is 2.29. The largest absolute Gasteiger partial charge is 0.496 e. The van der Waals surface area contributed by atoms with E-state index in [1.807, 2.05) is 25.1 Å². The smallest absolute Gasteiger partial charge is 0.276 e. The highest BCUT2D eigenvalue weighted by Crippen LogP contribution is 2.26. The number of carbonyl (C=O) groups excluding carboxylic acids is 1. The number of halogens is 1. The maximum Gasteiger partial charge on any atom is 0.276 e. The number of hydrogen-bond donors (Lipinski definition) is 1. The Morgan fingerprint density at radius 3 is 2.84 bits per heavy atom. The average Bonchev–Trinajstić information content (AvgIpc) is 2.64. The van der Waals surface area contributed by atoms with Gasteiger partial charge in [0.15, 0.2) is 5.11 Å². The number of benzene rings is 1. The Hall–Kier alpha value is -1.40. The molecule has 0 unspecified atom stereocenters. The van der Waals surface area contributed by atoms with Gasteiger partial charge in [-0.15, -0.1) is 0 Å². The van der Waals surface area contributed by atoms with Gasteiger partial charge in [0.2, 0.25) is 0 Å². The van der Waals surface area contributed by atoms with Crippen LogP contribution >= 0.6 is 28.1 Å². The molecule has 1 fully saturated rings. The Labute approximate surface area is 125 Å². The first-order valence-corrected chi connectivity index (χ1v) is 6.95. The molecule has 6 heteroatoms. The van der Waals surface area contributed by atoms with E-state index in [2.05, 4.69) is 21.2 Å². The SMILES string of the molecule is CCN1C(=O)/C(=C/c2cc(Br)ccc2OC)NC1=S. The quantitative estimate of drug-likeness (QED) is 0.678. The van der Waals surface area contributed by atoms with Gasteiger partial charge in [0.1, 0.15) is 11.4 Å². The van der Waals surface area contributed by atoms with Gasteiger partial charge in [-0.3, -0.25) is 9.69 Å². The first kappa shape index (κ1) is 14.0. The average molecular weight is 341 g/mol. The molecular weight excluding hydrogens is 328 g/mol. The first-order chi connectivity index (χ1) is 9.06. The fourth-order valence-electron chi connectivity index (χ4n) is 1.83. The zero-order chi connectivity index (χ0) is 14.0. The number of thiocarbonyl (C=S) groups is 1. The van der Waals surface area contributed by atoms with Crippen molar-refractivity contribution < 1.29 is 9.53 Å². The highest BCUT2D eigenvalue weighted by molar-refractivity contribution is 9.10. The summed E-state index contributed by atoms with van der Waals surface area (Å²) in [7, 11) is 1.60. The van der Waals surface area contributed by atoms with Crippen molar-refractivity contribution in [1.29, 1.82) is 0 Å². The summed E-state index contributed by atoms with van der Waals surface area (Å²) >= 11 is 8.51. The predicted molar refractivity (Wildman–Crippen MR) is 81.8 cm³/mol. The van der Waals surface area contributed by atoms with Gasteiger partial charge in [0, 0.05) is 16.6 Å². The van der Waals surface area contributed by atoms with Crippen molar-refractivity contribution in [2.24, 2.45) is 0 Å². The van der Waals surface area contributed by atoms with Crippen LogP contribution in [0.15, 0.2) is 28.4 Å². The third-order valence-electron chi connectivity index (χ3n) is 2.77. The molecule has 1 N–H and O–H groups in total. The molecule has 0 atom stereocenters. The van der Waals surface area contributed by atoms with E-state index in [0.717, 1.165) is 10.0 Å². The molecule has 1 amide bonds. The molecular formula is C13H13BrN2O2S. The van der Waals surface area contributed by atoms with Gasteiger partial charge >= 0.3 is 0 Å². The molecule has 1 saturated heterocycles. The van der Waals surface area contributed by atoms with Crippen LogP contribution in [-0.2, 0) is 4.79 Å². The van der Waals surface area contributed by atoms with E-state index in [9.17, 15) is 4.79 Å². The topological polar surface area (TPSA) is 41.6 Å². The molecule has 0 spiro atoms. The van der Waals surface area contributed by atoms with Crippen LogP contribution in [0.2, 0.25) is 0 Å². The van der Waals surface area contributed by atoms with Crippen LogP contribution in [0.1, 0.15) is 12.5 Å². The molecule has 0 aromatic heterocycles. The van der Waals surface area contributed by atoms with Gasteiger partial charge in [0.25, 0.3) is 5.91 Å². The third kappa shape index (κ3) is 2.79. The standard InChI is InChI=1S/C13H13BrN2O2S/c1-3-16-12(17)10(15-13(16)19)7-8-6-9(14)4-5-11(8)18-2/h4-7H,3H2,1-2H3,(H,15,19)/b10-7-. The summed E-state index contributed by atoms with van der Waals surface area (Å²) in [6.07, 6.45) is 1.74. The van der Waals surface area contributed by atoms with Crippen molar-refractivity contribution in [3.63, 3.8) is 0 Å². The van der Waals surface area contributed by atoms with Gasteiger partial charge in [-0.2, -0.15) is 0 Å². The number of ether oxygens (including phenoxy) is 1. The molecule has 1 aliphatic rings. The van der Waals surface area contributed by atoms with Gasteiger partial charge in [-0.1, -0.05) is 15.9 Å². The number of rotatable bonds is 3. The minimum Gasteiger partial charge on any atom is -0.496 e. The van der Waals surface area contributed by atoms with Crippen LogP contribution in [0.4, 0.5) is 0 Å². The van der Waals surface area contributed by atoms with E-state index in [-0.39, 0.29) is 5.91 Å². The number of methoxy groups -OCH3 is 1. The first-order valence-electron chi connectivity index (χ1n) is 5.75. The van der Waals surface area contributed by atoms with Crippen molar-refractivity contribution in [2.45, 2.75) is 6.92 Å². The number of amides is 1. The zero-order valence-corrected chi connectivity index (χ0v) is 13.0. The van der Waals surface area contributed by atoms with Crippen molar-refractivity contribution in [1.82, 2.24) is 10.2 Å². The van der Waals surface area contributed by atoms with Crippen molar-refractivity contribution in [3.05, 3.63) is 33.9 Å². The summed E-state index contributed by atoms with van der Waals surface area (Å²) in [4.78, 5) is 13.6. The molecule has 2 rings (SSSR count). The number of carbonyl (C=O) groups is 1. The van der Waals surface area contributed by atoms with Crippen LogP contribution in [0.5, 0.6) is 5.75 Å². The summed E-state index contributed by atoms with van der Waals surface area (Å²) in [6, 6.07) is 5.61. The summed E-state index contributed by atoms with van der Waals surface area (Å²) in [5.74, 6) is 0.584. The number of nitrogens with zero attached hydrogens (tertiary/aromatic N) is 1. The highest BCUT2D eigenvalue weighted by atomic mass is 79.9. The number of likely N-dealkylation sites (N-methyl/N-ethyl adjacent to an activating group) is 1. The Kier molecular flexibility index (Phi) is 4.21. The van der Waals surface area contributed by atoms with E-state index >= 15 is 0 Å².